The number of hydrogen-bond acceptors (Lipinski definition) is 3. The zero-order valence-electron chi connectivity index (χ0n) is 15.5. The largest absolute Gasteiger partial charge is 0.332 e. The number of nitrogens with one attached hydrogen (secondary N) is 1. The van der Waals surface area contributed by atoms with Gasteiger partial charge in [-0.05, 0) is 50.1 Å². The third-order valence-electron chi connectivity index (χ3n) is 4.03. The zero-order chi connectivity index (χ0) is 19.2. The smallest absolute Gasteiger partial charge is 0.254 e. The molecule has 0 spiro atoms. The highest BCUT2D eigenvalue weighted by Crippen LogP contribution is 2.16. The lowest BCUT2D eigenvalue weighted by Gasteiger charge is -2.27. The molecule has 140 valence electrons. The summed E-state index contributed by atoms with van der Waals surface area (Å²) in [6, 6.07) is 15.9. The molecule has 0 atom stereocenters. The molecule has 0 saturated carbocycles. The molecule has 0 saturated heterocycles. The quantitative estimate of drug-likeness (QED) is 0.770. The van der Waals surface area contributed by atoms with Crippen LogP contribution >= 0.6 is 0 Å². The van der Waals surface area contributed by atoms with Crippen LogP contribution in [-0.4, -0.2) is 31.8 Å². The number of sulfonamides is 1. The molecule has 1 N–H and O–H groups in total. The number of rotatable bonds is 8. The summed E-state index contributed by atoms with van der Waals surface area (Å²) in [6.07, 6.45) is 0.721. The fraction of sp³-hybridized carbons (Fsp3) is 0.350. The van der Waals surface area contributed by atoms with Gasteiger partial charge < -0.3 is 4.90 Å². The average Bonchev–Trinajstić information content (AvgIpc) is 2.64. The van der Waals surface area contributed by atoms with Crippen molar-refractivity contribution in [1.29, 1.82) is 0 Å². The standard InChI is InChI=1S/C20H26N2O3S/c1-4-14-21-26(24,25)19-12-10-18(11-13-19)20(23)22(16(2)3)15-17-8-6-5-7-9-17/h5-13,16,21H,4,14-15H2,1-3H3. The van der Waals surface area contributed by atoms with Gasteiger partial charge in [0.25, 0.3) is 5.91 Å². The molecule has 0 unspecified atom stereocenters. The summed E-state index contributed by atoms with van der Waals surface area (Å²) in [4.78, 5) is 14.8. The van der Waals surface area contributed by atoms with E-state index in [1.807, 2.05) is 51.1 Å². The lowest BCUT2D eigenvalue weighted by atomic mass is 10.1. The molecule has 0 aromatic heterocycles. The Kier molecular flexibility index (Phi) is 6.94. The predicted octanol–water partition coefficient (Wildman–Crippen LogP) is 3.43. The highest BCUT2D eigenvalue weighted by molar-refractivity contribution is 7.89. The maximum Gasteiger partial charge on any atom is 0.254 e. The van der Waals surface area contributed by atoms with Crippen LogP contribution in [0.5, 0.6) is 0 Å². The summed E-state index contributed by atoms with van der Waals surface area (Å²) in [7, 11) is -3.52. The Hall–Kier alpha value is -2.18. The van der Waals surface area contributed by atoms with Crippen molar-refractivity contribution in [3.63, 3.8) is 0 Å². The topological polar surface area (TPSA) is 66.5 Å². The summed E-state index contributed by atoms with van der Waals surface area (Å²) in [5, 5.41) is 0. The number of benzene rings is 2. The maximum atomic E-state index is 12.9. The van der Waals surface area contributed by atoms with E-state index in [0.717, 1.165) is 12.0 Å². The Morgan fingerprint density at radius 3 is 2.19 bits per heavy atom. The zero-order valence-corrected chi connectivity index (χ0v) is 16.3. The monoisotopic (exact) mass is 374 g/mol. The molecule has 0 aliphatic carbocycles. The van der Waals surface area contributed by atoms with Gasteiger partial charge in [0.2, 0.25) is 10.0 Å². The highest BCUT2D eigenvalue weighted by atomic mass is 32.2. The SMILES string of the molecule is CCCNS(=O)(=O)c1ccc(C(=O)N(Cc2ccccc2)C(C)C)cc1. The van der Waals surface area contributed by atoms with Crippen LogP contribution in [0.2, 0.25) is 0 Å². The van der Waals surface area contributed by atoms with E-state index in [2.05, 4.69) is 4.72 Å². The van der Waals surface area contributed by atoms with Gasteiger partial charge in [0.1, 0.15) is 0 Å². The van der Waals surface area contributed by atoms with Crippen LogP contribution < -0.4 is 4.72 Å². The number of hydrogen-bond donors (Lipinski definition) is 1. The van der Waals surface area contributed by atoms with E-state index in [-0.39, 0.29) is 16.8 Å². The number of amides is 1. The molecule has 5 nitrogen and oxygen atoms in total. The third-order valence-corrected chi connectivity index (χ3v) is 5.51. The third kappa shape index (κ3) is 5.16. The van der Waals surface area contributed by atoms with Crippen molar-refractivity contribution in [3.8, 4) is 0 Å². The van der Waals surface area contributed by atoms with Crippen molar-refractivity contribution >= 4 is 15.9 Å². The van der Waals surface area contributed by atoms with Gasteiger partial charge in [-0.2, -0.15) is 0 Å². The van der Waals surface area contributed by atoms with Crippen molar-refractivity contribution in [3.05, 3.63) is 65.7 Å². The Balaban J connectivity index is 2.19. The fourth-order valence-corrected chi connectivity index (χ4v) is 3.67. The van der Waals surface area contributed by atoms with Crippen molar-refractivity contribution in [1.82, 2.24) is 9.62 Å². The predicted molar refractivity (Wildman–Crippen MR) is 103 cm³/mol. The van der Waals surface area contributed by atoms with Crippen molar-refractivity contribution in [2.24, 2.45) is 0 Å². The molecule has 0 fully saturated rings. The van der Waals surface area contributed by atoms with E-state index >= 15 is 0 Å². The first-order valence-electron chi connectivity index (χ1n) is 8.79. The van der Waals surface area contributed by atoms with E-state index in [0.29, 0.717) is 18.7 Å². The van der Waals surface area contributed by atoms with Crippen LogP contribution in [0, 0.1) is 0 Å². The first kappa shape index (κ1) is 20.1. The van der Waals surface area contributed by atoms with E-state index in [1.165, 1.54) is 12.1 Å². The molecule has 0 radical (unpaired) electrons. The first-order chi connectivity index (χ1) is 12.3. The van der Waals surface area contributed by atoms with Crippen LogP contribution in [0.4, 0.5) is 0 Å². The molecule has 2 rings (SSSR count). The maximum absolute atomic E-state index is 12.9. The summed E-state index contributed by atoms with van der Waals surface area (Å²) in [5.74, 6) is -0.116. The molecule has 1 amide bonds. The van der Waals surface area contributed by atoms with Gasteiger partial charge in [-0.3, -0.25) is 4.79 Å². The fourth-order valence-electron chi connectivity index (χ4n) is 2.53. The Morgan fingerprint density at radius 2 is 1.65 bits per heavy atom. The van der Waals surface area contributed by atoms with Gasteiger partial charge in [0.15, 0.2) is 0 Å². The van der Waals surface area contributed by atoms with Crippen molar-refractivity contribution in [2.75, 3.05) is 6.54 Å². The van der Waals surface area contributed by atoms with Gasteiger partial charge in [-0.15, -0.1) is 0 Å². The molecule has 0 heterocycles. The average molecular weight is 375 g/mol. The molecule has 0 aliphatic heterocycles. The van der Waals surface area contributed by atoms with Crippen LogP contribution in [0.3, 0.4) is 0 Å². The lowest BCUT2D eigenvalue weighted by Crippen LogP contribution is -2.36. The number of carbonyl (C=O) groups excluding carboxylic acids is 1. The molecule has 6 heteroatoms. The summed E-state index contributed by atoms with van der Waals surface area (Å²) >= 11 is 0. The van der Waals surface area contributed by atoms with Crippen molar-refractivity contribution < 1.29 is 13.2 Å². The van der Waals surface area contributed by atoms with E-state index in [1.54, 1.807) is 17.0 Å². The minimum absolute atomic E-state index is 0.0253. The Morgan fingerprint density at radius 1 is 1.04 bits per heavy atom. The Bertz CT molecular complexity index is 816. The van der Waals surface area contributed by atoms with Gasteiger partial charge >= 0.3 is 0 Å². The van der Waals surface area contributed by atoms with Crippen LogP contribution in [0.1, 0.15) is 43.1 Å². The molecular formula is C20H26N2O3S. The number of nitrogens with zero attached hydrogens (tertiary/aromatic N) is 1. The van der Waals surface area contributed by atoms with Crippen LogP contribution in [-0.2, 0) is 16.6 Å². The minimum Gasteiger partial charge on any atom is -0.332 e. The van der Waals surface area contributed by atoms with Crippen molar-refractivity contribution in [2.45, 2.75) is 44.7 Å². The van der Waals surface area contributed by atoms with E-state index in [9.17, 15) is 13.2 Å². The Labute approximate surface area is 156 Å². The first-order valence-corrected chi connectivity index (χ1v) is 10.3. The lowest BCUT2D eigenvalue weighted by molar-refractivity contribution is 0.0690. The second-order valence-electron chi connectivity index (χ2n) is 6.43. The minimum atomic E-state index is -3.52. The molecule has 0 bridgehead atoms. The van der Waals surface area contributed by atoms with Gasteiger partial charge in [0, 0.05) is 24.7 Å². The molecule has 2 aromatic carbocycles. The summed E-state index contributed by atoms with van der Waals surface area (Å²) < 4.78 is 26.8. The van der Waals surface area contributed by atoms with Crippen LogP contribution in [0.15, 0.2) is 59.5 Å². The van der Waals surface area contributed by atoms with Gasteiger partial charge in [0.05, 0.1) is 4.90 Å². The van der Waals surface area contributed by atoms with E-state index < -0.39 is 10.0 Å². The second kappa shape index (κ2) is 8.96. The number of carbonyl (C=O) groups is 1. The summed E-state index contributed by atoms with van der Waals surface area (Å²) in [6.45, 7) is 6.73. The molecular weight excluding hydrogens is 348 g/mol. The highest BCUT2D eigenvalue weighted by Gasteiger charge is 2.20. The van der Waals surface area contributed by atoms with E-state index in [4.69, 9.17) is 0 Å². The molecule has 26 heavy (non-hydrogen) atoms. The normalized spacial score (nSPS) is 11.5. The van der Waals surface area contributed by atoms with Gasteiger partial charge in [-0.25, -0.2) is 13.1 Å². The van der Waals surface area contributed by atoms with Gasteiger partial charge in [-0.1, -0.05) is 37.3 Å². The molecule has 2 aromatic rings. The van der Waals surface area contributed by atoms with Crippen LogP contribution in [0.25, 0.3) is 0 Å². The second-order valence-corrected chi connectivity index (χ2v) is 8.20. The molecule has 0 aliphatic rings. The summed E-state index contributed by atoms with van der Waals surface area (Å²) in [5.41, 5.74) is 1.53.